The molecule has 1 aromatic carbocycles. The molecule has 1 fully saturated rings. The van der Waals surface area contributed by atoms with Gasteiger partial charge in [-0.1, -0.05) is 13.0 Å². The summed E-state index contributed by atoms with van der Waals surface area (Å²) in [5.41, 5.74) is -2.25. The molecule has 0 bridgehead atoms. The molecule has 0 aliphatic carbocycles. The number of nitrogens with one attached hydrogen (secondary N) is 1. The molecule has 4 atom stereocenters. The number of pyridine rings is 2. The number of rotatable bonds is 5. The van der Waals surface area contributed by atoms with Crippen molar-refractivity contribution in [3.05, 3.63) is 77.5 Å². The van der Waals surface area contributed by atoms with Gasteiger partial charge in [-0.2, -0.15) is 0 Å². The number of halogens is 3. The minimum atomic E-state index is -1.40. The number of benzene rings is 1. The van der Waals surface area contributed by atoms with Crippen LogP contribution in [0.4, 0.5) is 18.9 Å². The van der Waals surface area contributed by atoms with Crippen molar-refractivity contribution in [2.24, 2.45) is 0 Å². The van der Waals surface area contributed by atoms with E-state index in [-0.39, 0.29) is 17.8 Å². The van der Waals surface area contributed by atoms with Crippen LogP contribution >= 0.6 is 0 Å². The van der Waals surface area contributed by atoms with Crippen molar-refractivity contribution < 1.29 is 32.9 Å². The van der Waals surface area contributed by atoms with Crippen molar-refractivity contribution in [1.82, 2.24) is 9.97 Å². The summed E-state index contributed by atoms with van der Waals surface area (Å²) >= 11 is 0. The maximum absolute atomic E-state index is 14.4. The van der Waals surface area contributed by atoms with E-state index in [0.717, 1.165) is 30.3 Å². The molecule has 2 aromatic heterocycles. The van der Waals surface area contributed by atoms with E-state index in [2.05, 4.69) is 15.3 Å². The fraction of sp³-hybridized carbons (Fsp3) is 0.320. The lowest BCUT2D eigenvalue weighted by molar-refractivity contribution is -0.224. The summed E-state index contributed by atoms with van der Waals surface area (Å²) in [5, 5.41) is 23.8. The molecular formula is C25H24F3N3O4. The molecule has 7 nitrogen and oxygen atoms in total. The van der Waals surface area contributed by atoms with E-state index in [1.165, 1.54) is 12.4 Å². The number of nitrogens with zero attached hydrogens (tertiary/aromatic N) is 2. The monoisotopic (exact) mass is 487 g/mol. The zero-order valence-electron chi connectivity index (χ0n) is 19.0. The van der Waals surface area contributed by atoms with Crippen LogP contribution in [0.25, 0.3) is 11.3 Å². The molecule has 35 heavy (non-hydrogen) atoms. The molecule has 0 radical (unpaired) electrons. The number of ether oxygens (including phenoxy) is 1. The third-order valence-corrected chi connectivity index (χ3v) is 6.38. The van der Waals surface area contributed by atoms with E-state index in [0.29, 0.717) is 12.0 Å². The van der Waals surface area contributed by atoms with Gasteiger partial charge in [0.1, 0.15) is 34.4 Å². The zero-order chi connectivity index (χ0) is 25.3. The molecular weight excluding hydrogens is 463 g/mol. The van der Waals surface area contributed by atoms with Crippen molar-refractivity contribution >= 4 is 11.6 Å². The first-order valence-corrected chi connectivity index (χ1v) is 11.1. The quantitative estimate of drug-likeness (QED) is 0.499. The van der Waals surface area contributed by atoms with E-state index < -0.39 is 58.5 Å². The van der Waals surface area contributed by atoms with Gasteiger partial charge >= 0.3 is 0 Å². The number of carbonyl (C=O) groups is 1. The molecule has 0 unspecified atom stereocenters. The Morgan fingerprint density at radius 1 is 1.17 bits per heavy atom. The van der Waals surface area contributed by atoms with Crippen LogP contribution in [0.1, 0.15) is 48.8 Å². The summed E-state index contributed by atoms with van der Waals surface area (Å²) < 4.78 is 48.7. The summed E-state index contributed by atoms with van der Waals surface area (Å²) in [6, 6.07) is 6.67. The first-order chi connectivity index (χ1) is 16.7. The Morgan fingerprint density at radius 2 is 1.89 bits per heavy atom. The second kappa shape index (κ2) is 9.73. The predicted molar refractivity (Wildman–Crippen MR) is 121 cm³/mol. The third-order valence-electron chi connectivity index (χ3n) is 6.38. The smallest absolute Gasteiger partial charge is 0.274 e. The van der Waals surface area contributed by atoms with Gasteiger partial charge in [-0.25, -0.2) is 18.2 Å². The molecule has 3 N–H and O–H groups in total. The number of aliphatic hydroxyl groups excluding tert-OH is 1. The fourth-order valence-electron chi connectivity index (χ4n) is 4.27. The second-order valence-electron chi connectivity index (χ2n) is 8.40. The van der Waals surface area contributed by atoms with Gasteiger partial charge in [0.15, 0.2) is 0 Å². The zero-order valence-corrected chi connectivity index (χ0v) is 19.0. The average molecular weight is 487 g/mol. The van der Waals surface area contributed by atoms with Crippen LogP contribution in [-0.2, 0) is 4.74 Å². The lowest BCUT2D eigenvalue weighted by Crippen LogP contribution is -2.56. The van der Waals surface area contributed by atoms with Gasteiger partial charge in [0.2, 0.25) is 0 Å². The second-order valence-corrected chi connectivity index (χ2v) is 8.40. The standard InChI is InChI=1S/C25H24F3N3O4/c1-3-25(34)13(2)35-20(11-21(25)32)14-9-10-29-12-19(14)31-24(33)18-8-7-17(28)23(30-18)22-15(26)5-4-6-16(22)27/h4-10,12-13,20-21,32,34H,3,11H2,1-2H3,(H,31,33)/t13-,20-,21-,25-/m0/s1. The summed E-state index contributed by atoms with van der Waals surface area (Å²) in [4.78, 5) is 20.8. The van der Waals surface area contributed by atoms with E-state index in [9.17, 15) is 28.2 Å². The molecule has 1 aliphatic rings. The van der Waals surface area contributed by atoms with E-state index in [1.54, 1.807) is 19.9 Å². The van der Waals surface area contributed by atoms with Gasteiger partial charge in [0.25, 0.3) is 5.91 Å². The van der Waals surface area contributed by atoms with Gasteiger partial charge in [-0.3, -0.25) is 9.78 Å². The molecule has 3 heterocycles. The van der Waals surface area contributed by atoms with Crippen LogP contribution in [0.5, 0.6) is 0 Å². The van der Waals surface area contributed by atoms with E-state index in [1.807, 2.05) is 0 Å². The van der Waals surface area contributed by atoms with Crippen molar-refractivity contribution in [3.63, 3.8) is 0 Å². The summed E-state index contributed by atoms with van der Waals surface area (Å²) in [7, 11) is 0. The molecule has 10 heteroatoms. The van der Waals surface area contributed by atoms with Gasteiger partial charge in [0, 0.05) is 18.2 Å². The Bertz CT molecular complexity index is 1220. The van der Waals surface area contributed by atoms with Gasteiger partial charge < -0.3 is 20.3 Å². The Hall–Kier alpha value is -3.34. The number of anilines is 1. The first kappa shape index (κ1) is 24.8. The Morgan fingerprint density at radius 3 is 2.54 bits per heavy atom. The van der Waals surface area contributed by atoms with Crippen LogP contribution in [0.3, 0.4) is 0 Å². The Balaban J connectivity index is 1.62. The molecule has 0 spiro atoms. The third kappa shape index (κ3) is 4.64. The number of hydrogen-bond donors (Lipinski definition) is 3. The minimum Gasteiger partial charge on any atom is -0.390 e. The summed E-state index contributed by atoms with van der Waals surface area (Å²) in [5.74, 6) is -3.79. The highest BCUT2D eigenvalue weighted by Crippen LogP contribution is 2.40. The van der Waals surface area contributed by atoms with Gasteiger partial charge in [0.05, 0.1) is 35.8 Å². The molecule has 4 rings (SSSR count). The topological polar surface area (TPSA) is 105 Å². The van der Waals surface area contributed by atoms with Crippen molar-refractivity contribution in [2.45, 2.75) is 50.6 Å². The molecule has 1 amide bonds. The highest BCUT2D eigenvalue weighted by Gasteiger charge is 2.47. The van der Waals surface area contributed by atoms with E-state index in [4.69, 9.17) is 4.74 Å². The van der Waals surface area contributed by atoms with Crippen LogP contribution < -0.4 is 5.32 Å². The van der Waals surface area contributed by atoms with Gasteiger partial charge in [-0.15, -0.1) is 0 Å². The summed E-state index contributed by atoms with van der Waals surface area (Å²) in [6.45, 7) is 3.41. The highest BCUT2D eigenvalue weighted by molar-refractivity contribution is 6.03. The predicted octanol–water partition coefficient (Wildman–Crippen LogP) is 4.17. The van der Waals surface area contributed by atoms with Crippen LogP contribution in [0, 0.1) is 17.5 Å². The lowest BCUT2D eigenvalue weighted by Gasteiger charge is -2.45. The lowest BCUT2D eigenvalue weighted by atomic mass is 9.81. The van der Waals surface area contributed by atoms with Gasteiger partial charge in [-0.05, 0) is 43.7 Å². The highest BCUT2D eigenvalue weighted by atomic mass is 19.1. The first-order valence-electron chi connectivity index (χ1n) is 11.1. The number of hydrogen-bond acceptors (Lipinski definition) is 6. The van der Waals surface area contributed by atoms with Crippen molar-refractivity contribution in [1.29, 1.82) is 0 Å². The largest absolute Gasteiger partial charge is 0.390 e. The molecule has 0 saturated carbocycles. The SMILES string of the molecule is CC[C@]1(O)[C@H](C)O[C@H](c2ccncc2NC(=O)c2ccc(F)c(-c3c(F)cccc3F)n2)C[C@@H]1O. The number of aromatic nitrogens is 2. The Kier molecular flexibility index (Phi) is 6.88. The van der Waals surface area contributed by atoms with Crippen molar-refractivity contribution in [3.8, 4) is 11.3 Å². The van der Waals surface area contributed by atoms with E-state index >= 15 is 0 Å². The molecule has 1 saturated heterocycles. The number of aliphatic hydroxyl groups is 2. The molecule has 184 valence electrons. The Labute approximate surface area is 199 Å². The normalized spacial score (nSPS) is 24.3. The van der Waals surface area contributed by atoms with Crippen LogP contribution in [0.15, 0.2) is 48.8 Å². The molecule has 1 aliphatic heterocycles. The number of amides is 1. The molecule has 3 aromatic rings. The fourth-order valence-corrected chi connectivity index (χ4v) is 4.27. The van der Waals surface area contributed by atoms with Crippen molar-refractivity contribution in [2.75, 3.05) is 5.32 Å². The maximum Gasteiger partial charge on any atom is 0.274 e. The number of carbonyl (C=O) groups excluding carboxylic acids is 1. The van der Waals surface area contributed by atoms with Crippen LogP contribution in [-0.4, -0.2) is 43.9 Å². The summed E-state index contributed by atoms with van der Waals surface area (Å²) in [6.07, 6.45) is 0.825. The van der Waals surface area contributed by atoms with Crippen LogP contribution in [0.2, 0.25) is 0 Å². The average Bonchev–Trinajstić information content (AvgIpc) is 2.83. The minimum absolute atomic E-state index is 0.0765. The maximum atomic E-state index is 14.4.